The van der Waals surface area contributed by atoms with Gasteiger partial charge in [0, 0.05) is 13.2 Å². The molecule has 0 bridgehead atoms. The van der Waals surface area contributed by atoms with E-state index in [1.165, 1.54) is 11.1 Å². The van der Waals surface area contributed by atoms with Crippen LogP contribution in [-0.2, 0) is 6.42 Å². The maximum Gasteiger partial charge on any atom is 0.204 e. The van der Waals surface area contributed by atoms with E-state index in [4.69, 9.17) is 5.26 Å². The number of rotatable bonds is 1. The predicted molar refractivity (Wildman–Crippen MR) is 69.9 cm³/mol. The van der Waals surface area contributed by atoms with Crippen LogP contribution in [0.2, 0.25) is 0 Å². The summed E-state index contributed by atoms with van der Waals surface area (Å²) in [5.74, 6) is 0.498. The number of pyridine rings is 1. The quantitative estimate of drug-likeness (QED) is 0.338. The van der Waals surface area contributed by atoms with Gasteiger partial charge in [0.25, 0.3) is 0 Å². The third kappa shape index (κ3) is 2.59. The molecule has 0 spiro atoms. The molecule has 18 heavy (non-hydrogen) atoms. The van der Waals surface area contributed by atoms with Crippen LogP contribution < -0.4 is 10.6 Å². The molecule has 0 fully saturated rings. The Hall–Kier alpha value is -2.09. The number of guanidine groups is 1. The Balaban J connectivity index is 2.20. The molecule has 94 valence electrons. The van der Waals surface area contributed by atoms with Crippen molar-refractivity contribution in [3.8, 4) is 6.19 Å². The van der Waals surface area contributed by atoms with Gasteiger partial charge in [-0.1, -0.05) is 6.07 Å². The van der Waals surface area contributed by atoms with Gasteiger partial charge in [0.05, 0.1) is 11.7 Å². The van der Waals surface area contributed by atoms with E-state index in [1.54, 1.807) is 7.05 Å². The Labute approximate surface area is 107 Å². The number of aromatic nitrogens is 1. The van der Waals surface area contributed by atoms with Crippen LogP contribution in [0.25, 0.3) is 0 Å². The van der Waals surface area contributed by atoms with Gasteiger partial charge in [0.2, 0.25) is 5.96 Å². The monoisotopic (exact) mass is 243 g/mol. The average molecular weight is 243 g/mol. The molecule has 5 nitrogen and oxygen atoms in total. The predicted octanol–water partition coefficient (Wildman–Crippen LogP) is 1.41. The molecule has 1 atom stereocenters. The SMILES string of the molecule is CN=C(NC#N)N[C@@H]1CCCc2cc(C)cnc21. The van der Waals surface area contributed by atoms with Crippen molar-refractivity contribution in [2.24, 2.45) is 4.99 Å². The Morgan fingerprint density at radius 1 is 1.61 bits per heavy atom. The van der Waals surface area contributed by atoms with E-state index in [0.717, 1.165) is 25.0 Å². The number of aryl methyl sites for hydroxylation is 2. The Bertz CT molecular complexity index is 501. The van der Waals surface area contributed by atoms with Crippen LogP contribution in [0.5, 0.6) is 0 Å². The van der Waals surface area contributed by atoms with E-state index in [1.807, 2.05) is 12.4 Å². The number of fused-ring (bicyclic) bond motifs is 1. The van der Waals surface area contributed by atoms with Crippen LogP contribution in [0.15, 0.2) is 17.3 Å². The molecule has 0 saturated carbocycles. The zero-order chi connectivity index (χ0) is 13.0. The van der Waals surface area contributed by atoms with Gasteiger partial charge in [-0.25, -0.2) is 0 Å². The minimum Gasteiger partial charge on any atom is -0.347 e. The highest BCUT2D eigenvalue weighted by Crippen LogP contribution is 2.28. The smallest absolute Gasteiger partial charge is 0.204 e. The largest absolute Gasteiger partial charge is 0.347 e. The first kappa shape index (κ1) is 12.4. The summed E-state index contributed by atoms with van der Waals surface area (Å²) in [5, 5.41) is 14.4. The minimum atomic E-state index is 0.133. The van der Waals surface area contributed by atoms with Crippen molar-refractivity contribution in [3.63, 3.8) is 0 Å². The molecule has 1 heterocycles. The van der Waals surface area contributed by atoms with Crippen molar-refractivity contribution < 1.29 is 0 Å². The minimum absolute atomic E-state index is 0.133. The first-order chi connectivity index (χ1) is 8.74. The fourth-order valence-corrected chi connectivity index (χ4v) is 2.30. The molecule has 0 amide bonds. The van der Waals surface area contributed by atoms with Gasteiger partial charge in [0.15, 0.2) is 6.19 Å². The van der Waals surface area contributed by atoms with Crippen LogP contribution in [-0.4, -0.2) is 18.0 Å². The molecule has 5 heteroatoms. The second-order valence-corrected chi connectivity index (χ2v) is 4.46. The van der Waals surface area contributed by atoms with Gasteiger partial charge < -0.3 is 5.32 Å². The molecular weight excluding hydrogens is 226 g/mol. The molecule has 0 aliphatic heterocycles. The molecule has 0 aromatic carbocycles. The lowest BCUT2D eigenvalue weighted by molar-refractivity contribution is 0.508. The van der Waals surface area contributed by atoms with Gasteiger partial charge in [-0.3, -0.25) is 15.3 Å². The first-order valence-corrected chi connectivity index (χ1v) is 6.08. The average Bonchev–Trinajstić information content (AvgIpc) is 2.38. The third-order valence-electron chi connectivity index (χ3n) is 3.12. The molecular formula is C13H17N5. The molecule has 1 aromatic rings. The Morgan fingerprint density at radius 2 is 2.44 bits per heavy atom. The summed E-state index contributed by atoms with van der Waals surface area (Å²) >= 11 is 0. The molecule has 1 aliphatic rings. The van der Waals surface area contributed by atoms with Crippen molar-refractivity contribution >= 4 is 5.96 Å². The second kappa shape index (κ2) is 5.50. The lowest BCUT2D eigenvalue weighted by Crippen LogP contribution is -2.38. The summed E-state index contributed by atoms with van der Waals surface area (Å²) < 4.78 is 0. The van der Waals surface area contributed by atoms with Gasteiger partial charge in [-0.15, -0.1) is 0 Å². The summed E-state index contributed by atoms with van der Waals surface area (Å²) in [7, 11) is 1.65. The summed E-state index contributed by atoms with van der Waals surface area (Å²) in [6.45, 7) is 2.06. The number of hydrogen-bond donors (Lipinski definition) is 2. The van der Waals surface area contributed by atoms with E-state index in [9.17, 15) is 0 Å². The second-order valence-electron chi connectivity index (χ2n) is 4.46. The van der Waals surface area contributed by atoms with Crippen LogP contribution in [0.3, 0.4) is 0 Å². The first-order valence-electron chi connectivity index (χ1n) is 6.08. The Morgan fingerprint density at radius 3 is 3.17 bits per heavy atom. The van der Waals surface area contributed by atoms with E-state index in [0.29, 0.717) is 5.96 Å². The summed E-state index contributed by atoms with van der Waals surface area (Å²) in [5.41, 5.74) is 3.56. The van der Waals surface area contributed by atoms with Crippen molar-refractivity contribution in [3.05, 3.63) is 29.1 Å². The summed E-state index contributed by atoms with van der Waals surface area (Å²) in [4.78, 5) is 8.53. The fraction of sp³-hybridized carbons (Fsp3) is 0.462. The Kier molecular flexibility index (Phi) is 3.78. The highest BCUT2D eigenvalue weighted by molar-refractivity contribution is 5.81. The number of aliphatic imine (C=N–C) groups is 1. The molecule has 1 aliphatic carbocycles. The molecule has 2 N–H and O–H groups in total. The van der Waals surface area contributed by atoms with Crippen LogP contribution >= 0.6 is 0 Å². The molecule has 1 aromatic heterocycles. The van der Waals surface area contributed by atoms with E-state index in [2.05, 4.69) is 33.6 Å². The van der Waals surface area contributed by atoms with Crippen LogP contribution in [0.4, 0.5) is 0 Å². The maximum absolute atomic E-state index is 8.63. The third-order valence-corrected chi connectivity index (χ3v) is 3.12. The maximum atomic E-state index is 8.63. The zero-order valence-electron chi connectivity index (χ0n) is 10.7. The standard InChI is InChI=1S/C13H17N5/c1-9-6-10-4-3-5-11(12(10)16-7-9)18-13(15-2)17-8-14/h6-7,11H,3-5H2,1-2H3,(H2,15,17,18)/t11-/m1/s1. The van der Waals surface area contributed by atoms with E-state index < -0.39 is 0 Å². The van der Waals surface area contributed by atoms with E-state index in [-0.39, 0.29) is 6.04 Å². The zero-order valence-corrected chi connectivity index (χ0v) is 10.7. The number of hydrogen-bond acceptors (Lipinski definition) is 3. The van der Waals surface area contributed by atoms with Crippen LogP contribution in [0, 0.1) is 18.4 Å². The van der Waals surface area contributed by atoms with Gasteiger partial charge >= 0.3 is 0 Å². The van der Waals surface area contributed by atoms with Gasteiger partial charge in [0.1, 0.15) is 0 Å². The summed E-state index contributed by atoms with van der Waals surface area (Å²) in [6.07, 6.45) is 6.98. The molecule has 0 saturated heterocycles. The highest BCUT2D eigenvalue weighted by atomic mass is 15.2. The molecule has 0 unspecified atom stereocenters. The van der Waals surface area contributed by atoms with Gasteiger partial charge in [-0.2, -0.15) is 5.26 Å². The highest BCUT2D eigenvalue weighted by Gasteiger charge is 2.22. The lowest BCUT2D eigenvalue weighted by atomic mass is 9.91. The van der Waals surface area contributed by atoms with Crippen molar-refractivity contribution in [2.75, 3.05) is 7.05 Å². The number of nitrogens with one attached hydrogen (secondary N) is 2. The molecule has 0 radical (unpaired) electrons. The lowest BCUT2D eigenvalue weighted by Gasteiger charge is -2.26. The number of nitrogens with zero attached hydrogens (tertiary/aromatic N) is 3. The fourth-order valence-electron chi connectivity index (χ4n) is 2.30. The molecule has 2 rings (SSSR count). The van der Waals surface area contributed by atoms with Crippen LogP contribution in [0.1, 0.15) is 35.7 Å². The summed E-state index contributed by atoms with van der Waals surface area (Å²) in [6, 6.07) is 2.32. The van der Waals surface area contributed by atoms with Crippen molar-refractivity contribution in [1.29, 1.82) is 5.26 Å². The topological polar surface area (TPSA) is 73.1 Å². The van der Waals surface area contributed by atoms with Gasteiger partial charge in [-0.05, 0) is 37.3 Å². The van der Waals surface area contributed by atoms with E-state index >= 15 is 0 Å². The van der Waals surface area contributed by atoms with Crippen molar-refractivity contribution in [1.82, 2.24) is 15.6 Å². The van der Waals surface area contributed by atoms with Crippen molar-refractivity contribution in [2.45, 2.75) is 32.2 Å². The normalized spacial score (nSPS) is 18.7. The number of nitriles is 1.